The van der Waals surface area contributed by atoms with Crippen LogP contribution in [0.5, 0.6) is 0 Å². The zero-order valence-electron chi connectivity index (χ0n) is 10.7. The van der Waals surface area contributed by atoms with Gasteiger partial charge >= 0.3 is 0 Å². The lowest BCUT2D eigenvalue weighted by Crippen LogP contribution is -2.36. The summed E-state index contributed by atoms with van der Waals surface area (Å²) in [6.45, 7) is 5.24. The van der Waals surface area contributed by atoms with E-state index in [0.717, 1.165) is 22.9 Å². The van der Waals surface area contributed by atoms with Crippen molar-refractivity contribution in [2.24, 2.45) is 0 Å². The molecule has 4 heteroatoms. The van der Waals surface area contributed by atoms with E-state index >= 15 is 0 Å². The van der Waals surface area contributed by atoms with Gasteiger partial charge in [-0.25, -0.2) is 4.98 Å². The smallest absolute Gasteiger partial charge is 0.140 e. The van der Waals surface area contributed by atoms with Crippen LogP contribution in [-0.4, -0.2) is 35.6 Å². The van der Waals surface area contributed by atoms with Crippen molar-refractivity contribution in [2.75, 3.05) is 18.9 Å². The first-order valence-electron chi connectivity index (χ1n) is 6.16. The molecule has 1 saturated carbocycles. The van der Waals surface area contributed by atoms with Gasteiger partial charge in [-0.15, -0.1) is 0 Å². The molecule has 1 aliphatic carbocycles. The van der Waals surface area contributed by atoms with E-state index in [0.29, 0.717) is 6.04 Å². The van der Waals surface area contributed by atoms with E-state index in [1.807, 2.05) is 13.1 Å². The molecule has 0 saturated heterocycles. The van der Waals surface area contributed by atoms with E-state index in [4.69, 9.17) is 0 Å². The predicted molar refractivity (Wildman–Crippen MR) is 75.4 cm³/mol. The topological polar surface area (TPSA) is 28.2 Å². The van der Waals surface area contributed by atoms with Gasteiger partial charge < -0.3 is 5.32 Å². The van der Waals surface area contributed by atoms with Crippen LogP contribution in [0.1, 0.15) is 25.3 Å². The van der Waals surface area contributed by atoms with E-state index in [1.165, 1.54) is 18.4 Å². The van der Waals surface area contributed by atoms with Crippen molar-refractivity contribution in [1.82, 2.24) is 9.88 Å². The van der Waals surface area contributed by atoms with Crippen LogP contribution in [0.4, 0.5) is 5.82 Å². The summed E-state index contributed by atoms with van der Waals surface area (Å²) in [5, 5.41) is 3.40. The molecule has 0 bridgehead atoms. The fraction of sp³-hybridized carbons (Fsp3) is 0.615. The maximum atomic E-state index is 4.39. The Morgan fingerprint density at radius 2 is 2.29 bits per heavy atom. The van der Waals surface area contributed by atoms with Gasteiger partial charge in [-0.3, -0.25) is 4.90 Å². The highest BCUT2D eigenvalue weighted by Crippen LogP contribution is 2.27. The fourth-order valence-corrected chi connectivity index (χ4v) is 2.50. The average Bonchev–Trinajstić information content (AvgIpc) is 3.10. The SMILES string of the molecule is Cc1cnc(NCC(C)N(C)C2CC2)c(Br)c1. The van der Waals surface area contributed by atoms with E-state index in [-0.39, 0.29) is 0 Å². The van der Waals surface area contributed by atoms with Gasteiger partial charge in [0.2, 0.25) is 0 Å². The summed E-state index contributed by atoms with van der Waals surface area (Å²) >= 11 is 3.54. The number of hydrogen-bond acceptors (Lipinski definition) is 3. The number of rotatable bonds is 5. The second-order valence-electron chi connectivity index (χ2n) is 4.97. The first-order chi connectivity index (χ1) is 8.08. The van der Waals surface area contributed by atoms with Gasteiger partial charge in [0, 0.05) is 24.8 Å². The van der Waals surface area contributed by atoms with E-state index in [9.17, 15) is 0 Å². The maximum Gasteiger partial charge on any atom is 0.140 e. The Kier molecular flexibility index (Phi) is 4.05. The zero-order valence-corrected chi connectivity index (χ0v) is 12.3. The van der Waals surface area contributed by atoms with Crippen molar-refractivity contribution in [3.8, 4) is 0 Å². The van der Waals surface area contributed by atoms with Crippen LogP contribution in [0.25, 0.3) is 0 Å². The highest BCUT2D eigenvalue weighted by Gasteiger charge is 2.28. The fourth-order valence-electron chi connectivity index (χ4n) is 1.89. The van der Waals surface area contributed by atoms with Gasteiger partial charge in [0.15, 0.2) is 0 Å². The molecule has 0 spiro atoms. The molecule has 94 valence electrons. The van der Waals surface area contributed by atoms with Crippen LogP contribution in [0, 0.1) is 6.92 Å². The lowest BCUT2D eigenvalue weighted by molar-refractivity contribution is 0.257. The third-order valence-electron chi connectivity index (χ3n) is 3.36. The molecule has 0 amide bonds. The molecule has 1 aromatic rings. The van der Waals surface area contributed by atoms with Gasteiger partial charge in [0.1, 0.15) is 5.82 Å². The first-order valence-corrected chi connectivity index (χ1v) is 6.95. The minimum absolute atomic E-state index is 0.539. The Morgan fingerprint density at radius 3 is 2.88 bits per heavy atom. The number of likely N-dealkylation sites (N-methyl/N-ethyl adjacent to an activating group) is 1. The molecular weight excluding hydrogens is 278 g/mol. The molecule has 0 aromatic carbocycles. The minimum Gasteiger partial charge on any atom is -0.368 e. The van der Waals surface area contributed by atoms with E-state index < -0.39 is 0 Å². The highest BCUT2D eigenvalue weighted by atomic mass is 79.9. The molecule has 1 atom stereocenters. The highest BCUT2D eigenvalue weighted by molar-refractivity contribution is 9.10. The third-order valence-corrected chi connectivity index (χ3v) is 3.97. The summed E-state index contributed by atoms with van der Waals surface area (Å²) in [5.41, 5.74) is 1.17. The monoisotopic (exact) mass is 297 g/mol. The first kappa shape index (κ1) is 12.8. The van der Waals surface area contributed by atoms with Gasteiger partial charge in [0.25, 0.3) is 0 Å². The zero-order chi connectivity index (χ0) is 12.4. The standard InChI is InChI=1S/C13H20BrN3/c1-9-6-12(14)13(15-7-9)16-8-10(2)17(3)11-4-5-11/h6-7,10-11H,4-5,8H2,1-3H3,(H,15,16). The number of anilines is 1. The van der Waals surface area contributed by atoms with Crippen molar-refractivity contribution in [2.45, 2.75) is 38.8 Å². The Morgan fingerprint density at radius 1 is 1.59 bits per heavy atom. The lowest BCUT2D eigenvalue weighted by atomic mass is 10.3. The Bertz CT molecular complexity index is 390. The molecule has 1 aromatic heterocycles. The Labute approximate surface area is 112 Å². The molecule has 1 fully saturated rings. The number of aromatic nitrogens is 1. The normalized spacial score (nSPS) is 17.2. The Balaban J connectivity index is 1.88. The van der Waals surface area contributed by atoms with Crippen LogP contribution in [0.3, 0.4) is 0 Å². The molecule has 1 aliphatic rings. The second-order valence-corrected chi connectivity index (χ2v) is 5.82. The van der Waals surface area contributed by atoms with Gasteiger partial charge in [0.05, 0.1) is 4.47 Å². The van der Waals surface area contributed by atoms with E-state index in [2.05, 4.69) is 51.2 Å². The van der Waals surface area contributed by atoms with E-state index in [1.54, 1.807) is 0 Å². The second kappa shape index (κ2) is 5.36. The number of pyridine rings is 1. The molecule has 17 heavy (non-hydrogen) atoms. The van der Waals surface area contributed by atoms with Crippen molar-refractivity contribution in [3.63, 3.8) is 0 Å². The number of nitrogens with one attached hydrogen (secondary N) is 1. The minimum atomic E-state index is 0.539. The number of aryl methyl sites for hydroxylation is 1. The largest absolute Gasteiger partial charge is 0.368 e. The van der Waals surface area contributed by atoms with Crippen LogP contribution in [-0.2, 0) is 0 Å². The third kappa shape index (κ3) is 3.42. The van der Waals surface area contributed by atoms with Gasteiger partial charge in [-0.05, 0) is 61.3 Å². The Hall–Kier alpha value is -0.610. The summed E-state index contributed by atoms with van der Waals surface area (Å²) in [6.07, 6.45) is 4.60. The molecule has 1 N–H and O–H groups in total. The molecule has 0 radical (unpaired) electrons. The van der Waals surface area contributed by atoms with Gasteiger partial charge in [-0.1, -0.05) is 0 Å². The van der Waals surface area contributed by atoms with Crippen LogP contribution >= 0.6 is 15.9 Å². The van der Waals surface area contributed by atoms with Crippen LogP contribution in [0.2, 0.25) is 0 Å². The maximum absolute atomic E-state index is 4.39. The van der Waals surface area contributed by atoms with Crippen molar-refractivity contribution >= 4 is 21.7 Å². The van der Waals surface area contributed by atoms with Gasteiger partial charge in [-0.2, -0.15) is 0 Å². The average molecular weight is 298 g/mol. The summed E-state index contributed by atoms with van der Waals surface area (Å²) in [6, 6.07) is 3.43. The molecule has 1 unspecified atom stereocenters. The summed E-state index contributed by atoms with van der Waals surface area (Å²) < 4.78 is 1.04. The molecule has 0 aliphatic heterocycles. The summed E-state index contributed by atoms with van der Waals surface area (Å²) in [5.74, 6) is 0.937. The quantitative estimate of drug-likeness (QED) is 0.905. The van der Waals surface area contributed by atoms with Crippen molar-refractivity contribution < 1.29 is 0 Å². The molecule has 2 rings (SSSR count). The summed E-state index contributed by atoms with van der Waals surface area (Å²) in [4.78, 5) is 6.85. The number of hydrogen-bond donors (Lipinski definition) is 1. The predicted octanol–water partition coefficient (Wildman–Crippen LogP) is 3.05. The molecule has 1 heterocycles. The van der Waals surface area contributed by atoms with Crippen molar-refractivity contribution in [1.29, 1.82) is 0 Å². The lowest BCUT2D eigenvalue weighted by Gasteiger charge is -2.25. The summed E-state index contributed by atoms with van der Waals surface area (Å²) in [7, 11) is 2.21. The molecule has 3 nitrogen and oxygen atoms in total. The van der Waals surface area contributed by atoms with Crippen LogP contribution < -0.4 is 5.32 Å². The number of halogens is 1. The number of nitrogens with zero attached hydrogens (tertiary/aromatic N) is 2. The van der Waals surface area contributed by atoms with Crippen LogP contribution in [0.15, 0.2) is 16.7 Å². The molecular formula is C13H20BrN3. The van der Waals surface area contributed by atoms with Crippen molar-refractivity contribution in [3.05, 3.63) is 22.3 Å².